The Morgan fingerprint density at radius 1 is 1.13 bits per heavy atom. The predicted octanol–water partition coefficient (Wildman–Crippen LogP) is 3.86. The Kier molecular flexibility index (Phi) is 8.32. The molecule has 0 heterocycles. The zero-order chi connectivity index (χ0) is 28.7. The van der Waals surface area contributed by atoms with Crippen LogP contribution in [0.4, 0.5) is 18.9 Å². The van der Waals surface area contributed by atoms with Gasteiger partial charge in [-0.1, -0.05) is 11.6 Å². The summed E-state index contributed by atoms with van der Waals surface area (Å²) >= 11 is 6.21. The maximum absolute atomic E-state index is 13.6. The third-order valence-corrected chi connectivity index (χ3v) is 10.2. The Morgan fingerprint density at radius 3 is 2.41 bits per heavy atom. The third kappa shape index (κ3) is 5.93. The van der Waals surface area contributed by atoms with Gasteiger partial charge in [-0.3, -0.25) is 9.59 Å². The second kappa shape index (κ2) is 11.1. The van der Waals surface area contributed by atoms with Gasteiger partial charge < -0.3 is 20.8 Å². The molecule has 3 aliphatic rings. The van der Waals surface area contributed by atoms with Gasteiger partial charge in [0.2, 0.25) is 5.91 Å². The van der Waals surface area contributed by atoms with Crippen LogP contribution in [0.25, 0.3) is 0 Å². The molecule has 0 radical (unpaired) electrons. The standard InChI is InChI=1S/C26H28ClF3N2O6S/c1-13(33)12-31-23(34)11-26(36)15-7-16(26)9-18(8-15)39(37,38)22-6-14(2-4-20(22)27)25(35)32-17-3-5-21(28)19(10-17)24(29)30/h2-6,10,13,15-16,18,24,33,36H,7-9,11-12H2,1H3,(H,31,34)(H,32,35)/t13-,15?,16?,18?,26?/m0/s1. The summed E-state index contributed by atoms with van der Waals surface area (Å²) in [5.41, 5.74) is -2.43. The number of aliphatic hydroxyl groups is 2. The smallest absolute Gasteiger partial charge is 0.266 e. The van der Waals surface area contributed by atoms with Crippen LogP contribution in [0.5, 0.6) is 0 Å². The number of anilines is 1. The number of amides is 2. The first kappa shape index (κ1) is 29.3. The molecule has 13 heteroatoms. The lowest BCUT2D eigenvalue weighted by atomic mass is 9.52. The maximum Gasteiger partial charge on any atom is 0.266 e. The number of benzene rings is 2. The number of fused-ring (bicyclic) bond motifs is 2. The van der Waals surface area contributed by atoms with Crippen molar-refractivity contribution in [1.29, 1.82) is 0 Å². The van der Waals surface area contributed by atoms with Gasteiger partial charge >= 0.3 is 0 Å². The van der Waals surface area contributed by atoms with Crippen LogP contribution in [-0.4, -0.2) is 53.9 Å². The van der Waals surface area contributed by atoms with E-state index in [1.54, 1.807) is 0 Å². The van der Waals surface area contributed by atoms with E-state index in [1.807, 2.05) is 0 Å². The molecule has 2 aromatic carbocycles. The number of halogens is 4. The Balaban J connectivity index is 1.49. The predicted molar refractivity (Wildman–Crippen MR) is 137 cm³/mol. The number of sulfone groups is 1. The van der Waals surface area contributed by atoms with E-state index in [-0.39, 0.29) is 47.0 Å². The molecule has 3 fully saturated rings. The number of aliphatic hydroxyl groups excluding tert-OH is 1. The van der Waals surface area contributed by atoms with Crippen molar-refractivity contribution >= 4 is 38.9 Å². The fraction of sp³-hybridized carbons (Fsp3) is 0.462. The van der Waals surface area contributed by atoms with Crippen molar-refractivity contribution < 1.29 is 41.4 Å². The maximum atomic E-state index is 13.6. The number of rotatable bonds is 9. The minimum absolute atomic E-state index is 0.0399. The van der Waals surface area contributed by atoms with E-state index in [9.17, 15) is 41.4 Å². The van der Waals surface area contributed by atoms with Gasteiger partial charge in [0, 0.05) is 17.8 Å². The lowest BCUT2D eigenvalue weighted by Gasteiger charge is -2.58. The van der Waals surface area contributed by atoms with Crippen molar-refractivity contribution in [3.05, 3.63) is 58.4 Å². The average Bonchev–Trinajstić information content (AvgIpc) is 2.88. The Morgan fingerprint density at radius 2 is 1.79 bits per heavy atom. The largest absolute Gasteiger partial charge is 0.392 e. The SMILES string of the molecule is C[C@H](O)CNC(=O)CC1(O)C2CC1CC(S(=O)(=O)c1cc(C(=O)Nc3ccc(F)c(C(F)F)c3)ccc1Cl)C2. The monoisotopic (exact) mass is 588 g/mol. The number of hydrogen-bond donors (Lipinski definition) is 4. The van der Waals surface area contributed by atoms with E-state index >= 15 is 0 Å². The van der Waals surface area contributed by atoms with Crippen LogP contribution in [0.15, 0.2) is 41.3 Å². The molecule has 39 heavy (non-hydrogen) atoms. The summed E-state index contributed by atoms with van der Waals surface area (Å²) in [6, 6.07) is 6.31. The van der Waals surface area contributed by atoms with Crippen LogP contribution in [-0.2, 0) is 14.6 Å². The lowest BCUT2D eigenvalue weighted by molar-refractivity contribution is -0.183. The van der Waals surface area contributed by atoms with Crippen LogP contribution in [0.1, 0.15) is 55.0 Å². The van der Waals surface area contributed by atoms with E-state index in [1.165, 1.54) is 19.1 Å². The Hall–Kier alpha value is -2.67. The van der Waals surface area contributed by atoms with Crippen LogP contribution in [0, 0.1) is 17.7 Å². The highest BCUT2D eigenvalue weighted by atomic mass is 35.5. The van der Waals surface area contributed by atoms with Gasteiger partial charge in [-0.2, -0.15) is 0 Å². The molecule has 3 saturated carbocycles. The average molecular weight is 589 g/mol. The summed E-state index contributed by atoms with van der Waals surface area (Å²) in [5, 5.41) is 24.3. The zero-order valence-electron chi connectivity index (χ0n) is 20.8. The topological polar surface area (TPSA) is 133 Å². The van der Waals surface area contributed by atoms with E-state index < -0.39 is 68.2 Å². The number of alkyl halides is 2. The molecule has 3 aliphatic carbocycles. The molecule has 5 rings (SSSR count). The van der Waals surface area contributed by atoms with Gasteiger partial charge in [0.1, 0.15) is 5.82 Å². The fourth-order valence-corrected chi connectivity index (χ4v) is 7.82. The Bertz CT molecular complexity index is 1380. The first-order valence-electron chi connectivity index (χ1n) is 12.3. The molecular weight excluding hydrogens is 561 g/mol. The van der Waals surface area contributed by atoms with Crippen LogP contribution in [0.2, 0.25) is 5.02 Å². The molecule has 0 aromatic heterocycles. The van der Waals surface area contributed by atoms with Gasteiger partial charge in [-0.05, 0) is 74.4 Å². The van der Waals surface area contributed by atoms with Crippen molar-refractivity contribution in [3.63, 3.8) is 0 Å². The van der Waals surface area contributed by atoms with Gasteiger partial charge in [0.05, 0.1) is 38.9 Å². The van der Waals surface area contributed by atoms with Crippen LogP contribution in [0.3, 0.4) is 0 Å². The quantitative estimate of drug-likeness (QED) is 0.352. The molecule has 2 amide bonds. The highest BCUT2D eigenvalue weighted by Crippen LogP contribution is 2.57. The first-order valence-corrected chi connectivity index (χ1v) is 14.2. The van der Waals surface area contributed by atoms with Gasteiger partial charge in [-0.15, -0.1) is 0 Å². The minimum atomic E-state index is -4.05. The molecule has 8 nitrogen and oxygen atoms in total. The second-order valence-electron chi connectivity index (χ2n) is 10.2. The molecule has 2 unspecified atom stereocenters. The molecule has 4 N–H and O–H groups in total. The normalized spacial score (nSPS) is 25.1. The number of carbonyl (C=O) groups excluding carboxylic acids is 2. The zero-order valence-corrected chi connectivity index (χ0v) is 22.4. The van der Waals surface area contributed by atoms with Crippen molar-refractivity contribution in [2.24, 2.45) is 11.8 Å². The Labute approximate surface area is 228 Å². The fourth-order valence-electron chi connectivity index (χ4n) is 5.41. The summed E-state index contributed by atoms with van der Waals surface area (Å²) in [4.78, 5) is 24.7. The van der Waals surface area contributed by atoms with E-state index in [4.69, 9.17) is 11.6 Å². The van der Waals surface area contributed by atoms with Gasteiger partial charge in [0.15, 0.2) is 9.84 Å². The highest BCUT2D eigenvalue weighted by molar-refractivity contribution is 7.92. The summed E-state index contributed by atoms with van der Waals surface area (Å²) in [7, 11) is -4.05. The molecule has 2 aromatic rings. The molecular formula is C26H28ClF3N2O6S. The summed E-state index contributed by atoms with van der Waals surface area (Å²) in [6.45, 7) is 1.55. The summed E-state index contributed by atoms with van der Waals surface area (Å²) < 4.78 is 66.7. The van der Waals surface area contributed by atoms with Crippen molar-refractivity contribution in [1.82, 2.24) is 5.32 Å². The molecule has 3 atom stereocenters. The molecule has 0 aliphatic heterocycles. The summed E-state index contributed by atoms with van der Waals surface area (Å²) in [6.07, 6.45) is -3.27. The van der Waals surface area contributed by atoms with Crippen molar-refractivity contribution in [3.8, 4) is 0 Å². The molecule has 0 saturated heterocycles. The highest BCUT2D eigenvalue weighted by Gasteiger charge is 2.60. The number of nitrogens with one attached hydrogen (secondary N) is 2. The van der Waals surface area contributed by atoms with E-state index in [0.29, 0.717) is 6.42 Å². The minimum Gasteiger partial charge on any atom is -0.392 e. The third-order valence-electron chi connectivity index (χ3n) is 7.54. The van der Waals surface area contributed by atoms with E-state index in [2.05, 4.69) is 10.6 Å². The van der Waals surface area contributed by atoms with Gasteiger partial charge in [0.25, 0.3) is 12.3 Å². The number of carbonyl (C=O) groups is 2. The van der Waals surface area contributed by atoms with Crippen molar-refractivity contribution in [2.45, 2.75) is 60.9 Å². The first-order chi connectivity index (χ1) is 18.2. The molecule has 0 spiro atoms. The second-order valence-corrected chi connectivity index (χ2v) is 12.8. The molecule has 212 valence electrons. The van der Waals surface area contributed by atoms with Crippen LogP contribution >= 0.6 is 11.6 Å². The lowest BCUT2D eigenvalue weighted by Crippen LogP contribution is -2.63. The number of hydrogen-bond acceptors (Lipinski definition) is 6. The molecule has 2 bridgehead atoms. The van der Waals surface area contributed by atoms with Crippen LogP contribution < -0.4 is 10.6 Å². The summed E-state index contributed by atoms with van der Waals surface area (Å²) in [5.74, 6) is -3.22. The van der Waals surface area contributed by atoms with E-state index in [0.717, 1.165) is 24.3 Å². The van der Waals surface area contributed by atoms with Gasteiger partial charge in [-0.25, -0.2) is 21.6 Å². The van der Waals surface area contributed by atoms with Crippen molar-refractivity contribution in [2.75, 3.05) is 11.9 Å².